The van der Waals surface area contributed by atoms with Gasteiger partial charge in [-0.3, -0.25) is 4.79 Å². The standard InChI is InChI=1S/C15H14F2N4O3/c1-8(19-15(23)24)14(22)21-11-4-2-9(16)6-12(11)20-10-3-5-13(17)18-7-10/h2-8,19-20H,1H3,(H,21,22)(H,23,24)/t8-/m0/s1. The summed E-state index contributed by atoms with van der Waals surface area (Å²) in [5.41, 5.74) is 0.818. The third kappa shape index (κ3) is 4.63. The third-order valence-electron chi connectivity index (χ3n) is 2.98. The Bertz CT molecular complexity index is 753. The summed E-state index contributed by atoms with van der Waals surface area (Å²) in [4.78, 5) is 26.0. The molecule has 1 heterocycles. The average molecular weight is 336 g/mol. The van der Waals surface area contributed by atoms with Crippen LogP contribution in [-0.2, 0) is 4.79 Å². The molecule has 7 nitrogen and oxygen atoms in total. The summed E-state index contributed by atoms with van der Waals surface area (Å²) in [6.45, 7) is 1.37. The molecular formula is C15H14F2N4O3. The highest BCUT2D eigenvalue weighted by molar-refractivity contribution is 5.99. The van der Waals surface area contributed by atoms with Gasteiger partial charge >= 0.3 is 6.09 Å². The summed E-state index contributed by atoms with van der Waals surface area (Å²) in [6.07, 6.45) is -0.132. The molecule has 2 rings (SSSR count). The lowest BCUT2D eigenvalue weighted by Crippen LogP contribution is -2.40. The molecule has 1 aromatic carbocycles. The Morgan fingerprint density at radius 3 is 2.54 bits per heavy atom. The molecule has 0 aliphatic carbocycles. The lowest BCUT2D eigenvalue weighted by atomic mass is 10.2. The summed E-state index contributed by atoms with van der Waals surface area (Å²) in [7, 11) is 0. The van der Waals surface area contributed by atoms with Gasteiger partial charge in [0.15, 0.2) is 0 Å². The highest BCUT2D eigenvalue weighted by Gasteiger charge is 2.16. The lowest BCUT2D eigenvalue weighted by Gasteiger charge is -2.16. The number of carbonyl (C=O) groups excluding carboxylic acids is 1. The van der Waals surface area contributed by atoms with E-state index in [0.717, 1.165) is 18.2 Å². The van der Waals surface area contributed by atoms with E-state index in [1.807, 2.05) is 5.32 Å². The van der Waals surface area contributed by atoms with Crippen molar-refractivity contribution >= 4 is 29.1 Å². The summed E-state index contributed by atoms with van der Waals surface area (Å²) in [5, 5.41) is 15.9. The molecule has 1 atom stereocenters. The summed E-state index contributed by atoms with van der Waals surface area (Å²) >= 11 is 0. The Morgan fingerprint density at radius 2 is 1.92 bits per heavy atom. The van der Waals surface area contributed by atoms with Gasteiger partial charge in [0.2, 0.25) is 11.9 Å². The van der Waals surface area contributed by atoms with Crippen LogP contribution in [0.4, 0.5) is 30.6 Å². The number of amides is 2. The maximum Gasteiger partial charge on any atom is 0.405 e. The molecule has 4 N–H and O–H groups in total. The van der Waals surface area contributed by atoms with Crippen LogP contribution in [0.2, 0.25) is 0 Å². The molecule has 0 aliphatic heterocycles. The van der Waals surface area contributed by atoms with Crippen molar-refractivity contribution < 1.29 is 23.5 Å². The first-order valence-corrected chi connectivity index (χ1v) is 6.83. The van der Waals surface area contributed by atoms with Crippen LogP contribution in [0.3, 0.4) is 0 Å². The van der Waals surface area contributed by atoms with Crippen molar-refractivity contribution in [2.75, 3.05) is 10.6 Å². The Labute approximate surface area is 135 Å². The zero-order chi connectivity index (χ0) is 17.7. The number of benzene rings is 1. The number of rotatable bonds is 5. The number of nitrogens with one attached hydrogen (secondary N) is 3. The minimum absolute atomic E-state index is 0.208. The van der Waals surface area contributed by atoms with E-state index in [1.54, 1.807) is 0 Å². The van der Waals surface area contributed by atoms with Crippen molar-refractivity contribution in [3.63, 3.8) is 0 Å². The van der Waals surface area contributed by atoms with Gasteiger partial charge in [-0.2, -0.15) is 4.39 Å². The smallest absolute Gasteiger partial charge is 0.405 e. The summed E-state index contributed by atoms with van der Waals surface area (Å²) < 4.78 is 26.3. The van der Waals surface area contributed by atoms with Crippen molar-refractivity contribution in [3.8, 4) is 0 Å². The number of aromatic nitrogens is 1. The van der Waals surface area contributed by atoms with E-state index in [4.69, 9.17) is 5.11 Å². The van der Waals surface area contributed by atoms with E-state index in [-0.39, 0.29) is 11.4 Å². The van der Waals surface area contributed by atoms with E-state index in [9.17, 15) is 18.4 Å². The first-order chi connectivity index (χ1) is 11.3. The molecule has 0 saturated carbocycles. The second kappa shape index (κ2) is 7.36. The van der Waals surface area contributed by atoms with Crippen LogP contribution < -0.4 is 16.0 Å². The van der Waals surface area contributed by atoms with Gasteiger partial charge in [0.1, 0.15) is 11.9 Å². The maximum absolute atomic E-state index is 13.5. The summed E-state index contributed by atoms with van der Waals surface area (Å²) in [5.74, 6) is -1.84. The molecule has 1 aromatic heterocycles. The van der Waals surface area contributed by atoms with E-state index in [1.165, 1.54) is 25.3 Å². The predicted molar refractivity (Wildman–Crippen MR) is 83.1 cm³/mol. The van der Waals surface area contributed by atoms with Crippen LogP contribution in [0.5, 0.6) is 0 Å². The van der Waals surface area contributed by atoms with Gasteiger partial charge in [0.05, 0.1) is 23.3 Å². The third-order valence-corrected chi connectivity index (χ3v) is 2.98. The number of carbonyl (C=O) groups is 2. The SMILES string of the molecule is C[C@H](NC(=O)O)C(=O)Nc1ccc(F)cc1Nc1ccc(F)nc1. The van der Waals surface area contributed by atoms with Crippen LogP contribution in [0.25, 0.3) is 0 Å². The fourth-order valence-corrected chi connectivity index (χ4v) is 1.83. The molecule has 0 unspecified atom stereocenters. The van der Waals surface area contributed by atoms with Crippen LogP contribution in [-0.4, -0.2) is 28.1 Å². The number of pyridine rings is 1. The lowest BCUT2D eigenvalue weighted by molar-refractivity contribution is -0.117. The molecule has 126 valence electrons. The fraction of sp³-hybridized carbons (Fsp3) is 0.133. The molecule has 2 amide bonds. The van der Waals surface area contributed by atoms with Gasteiger partial charge in [0, 0.05) is 0 Å². The Balaban J connectivity index is 2.19. The number of hydrogen-bond acceptors (Lipinski definition) is 4. The minimum atomic E-state index is -1.34. The molecular weight excluding hydrogens is 322 g/mol. The van der Waals surface area contributed by atoms with E-state index < -0.39 is 29.8 Å². The summed E-state index contributed by atoms with van der Waals surface area (Å²) in [6, 6.07) is 5.10. The highest BCUT2D eigenvalue weighted by Crippen LogP contribution is 2.26. The molecule has 0 aliphatic rings. The van der Waals surface area contributed by atoms with Gasteiger partial charge in [-0.25, -0.2) is 14.2 Å². The number of nitrogens with zero attached hydrogens (tertiary/aromatic N) is 1. The normalized spacial score (nSPS) is 11.5. The number of anilines is 3. The van der Waals surface area contributed by atoms with Gasteiger partial charge in [0.25, 0.3) is 0 Å². The molecule has 0 saturated heterocycles. The van der Waals surface area contributed by atoms with Crippen LogP contribution in [0.1, 0.15) is 6.92 Å². The average Bonchev–Trinajstić information content (AvgIpc) is 2.51. The first kappa shape index (κ1) is 17.1. The zero-order valence-corrected chi connectivity index (χ0v) is 12.5. The number of carboxylic acid groups (broad SMARTS) is 1. The Morgan fingerprint density at radius 1 is 1.17 bits per heavy atom. The minimum Gasteiger partial charge on any atom is -0.465 e. The maximum atomic E-state index is 13.5. The quantitative estimate of drug-likeness (QED) is 0.629. The van der Waals surface area contributed by atoms with Gasteiger partial charge in [-0.1, -0.05) is 0 Å². The van der Waals surface area contributed by atoms with Crippen LogP contribution in [0.15, 0.2) is 36.5 Å². The topological polar surface area (TPSA) is 103 Å². The zero-order valence-electron chi connectivity index (χ0n) is 12.5. The van der Waals surface area contributed by atoms with E-state index >= 15 is 0 Å². The predicted octanol–water partition coefficient (Wildman–Crippen LogP) is 2.70. The Kier molecular flexibility index (Phi) is 5.25. The monoisotopic (exact) mass is 336 g/mol. The molecule has 0 spiro atoms. The first-order valence-electron chi connectivity index (χ1n) is 6.83. The van der Waals surface area contributed by atoms with E-state index in [2.05, 4.69) is 15.6 Å². The van der Waals surface area contributed by atoms with Crippen molar-refractivity contribution in [2.45, 2.75) is 13.0 Å². The molecule has 0 fully saturated rings. The van der Waals surface area contributed by atoms with Crippen LogP contribution >= 0.6 is 0 Å². The number of halogens is 2. The van der Waals surface area contributed by atoms with Crippen molar-refractivity contribution in [3.05, 3.63) is 48.3 Å². The fourth-order valence-electron chi connectivity index (χ4n) is 1.83. The van der Waals surface area contributed by atoms with Gasteiger partial charge in [-0.15, -0.1) is 0 Å². The van der Waals surface area contributed by atoms with Gasteiger partial charge < -0.3 is 21.1 Å². The second-order valence-electron chi connectivity index (χ2n) is 4.84. The molecule has 0 bridgehead atoms. The number of hydrogen-bond donors (Lipinski definition) is 4. The molecule has 24 heavy (non-hydrogen) atoms. The van der Waals surface area contributed by atoms with Gasteiger partial charge in [-0.05, 0) is 37.3 Å². The van der Waals surface area contributed by atoms with Crippen molar-refractivity contribution in [2.24, 2.45) is 0 Å². The van der Waals surface area contributed by atoms with Crippen molar-refractivity contribution in [1.29, 1.82) is 0 Å². The largest absolute Gasteiger partial charge is 0.465 e. The highest BCUT2D eigenvalue weighted by atomic mass is 19.1. The molecule has 9 heteroatoms. The van der Waals surface area contributed by atoms with E-state index in [0.29, 0.717) is 5.69 Å². The second-order valence-corrected chi connectivity index (χ2v) is 4.84. The molecule has 2 aromatic rings. The Hall–Kier alpha value is -3.23. The molecule has 0 radical (unpaired) electrons. The van der Waals surface area contributed by atoms with Crippen molar-refractivity contribution in [1.82, 2.24) is 10.3 Å². The van der Waals surface area contributed by atoms with Crippen LogP contribution in [0, 0.1) is 11.8 Å².